The molecule has 0 aliphatic carbocycles. The summed E-state index contributed by atoms with van der Waals surface area (Å²) >= 11 is 0. The quantitative estimate of drug-likeness (QED) is 0.639. The highest BCUT2D eigenvalue weighted by Crippen LogP contribution is 2.23. The number of fused-ring (bicyclic) bond motifs is 1. The summed E-state index contributed by atoms with van der Waals surface area (Å²) in [4.78, 5) is 40.7. The predicted molar refractivity (Wildman–Crippen MR) is 116 cm³/mol. The summed E-state index contributed by atoms with van der Waals surface area (Å²) in [6, 6.07) is 13.0. The van der Waals surface area contributed by atoms with Crippen LogP contribution < -0.4 is 5.32 Å². The van der Waals surface area contributed by atoms with Gasteiger partial charge in [0, 0.05) is 32.6 Å². The Labute approximate surface area is 186 Å². The van der Waals surface area contributed by atoms with Gasteiger partial charge in [-0.2, -0.15) is 0 Å². The van der Waals surface area contributed by atoms with Gasteiger partial charge in [-0.25, -0.2) is 4.39 Å². The molecule has 32 heavy (non-hydrogen) atoms. The van der Waals surface area contributed by atoms with Crippen LogP contribution in [-0.2, 0) is 9.53 Å². The molecule has 4 rings (SSSR count). The van der Waals surface area contributed by atoms with Crippen LogP contribution in [0.5, 0.6) is 0 Å². The first-order valence-electron chi connectivity index (χ1n) is 10.8. The first kappa shape index (κ1) is 22.1. The van der Waals surface area contributed by atoms with E-state index in [1.807, 2.05) is 6.07 Å². The SMILES string of the molecule is O=C(CCCN1C(=O)c2ccccc2C1=O)NCC(c1cccc(F)c1)N1CCOCC1. The van der Waals surface area contributed by atoms with Gasteiger partial charge in [0.25, 0.3) is 11.8 Å². The summed E-state index contributed by atoms with van der Waals surface area (Å²) in [6.45, 7) is 3.14. The number of morpholine rings is 1. The minimum atomic E-state index is -0.315. The monoisotopic (exact) mass is 439 g/mol. The van der Waals surface area contributed by atoms with Crippen molar-refractivity contribution >= 4 is 17.7 Å². The number of benzene rings is 2. The predicted octanol–water partition coefficient (Wildman–Crippen LogP) is 2.39. The van der Waals surface area contributed by atoms with E-state index in [-0.39, 0.29) is 42.5 Å². The van der Waals surface area contributed by atoms with Crippen LogP contribution in [0.2, 0.25) is 0 Å². The minimum Gasteiger partial charge on any atom is -0.379 e. The minimum absolute atomic E-state index is 0.158. The number of carbonyl (C=O) groups is 3. The van der Waals surface area contributed by atoms with Gasteiger partial charge >= 0.3 is 0 Å². The number of hydrogen-bond acceptors (Lipinski definition) is 5. The van der Waals surface area contributed by atoms with Crippen LogP contribution in [0.25, 0.3) is 0 Å². The zero-order valence-electron chi connectivity index (χ0n) is 17.8. The highest BCUT2D eigenvalue weighted by Gasteiger charge is 2.34. The van der Waals surface area contributed by atoms with Crippen LogP contribution in [0.15, 0.2) is 48.5 Å². The van der Waals surface area contributed by atoms with Crippen molar-refractivity contribution in [2.45, 2.75) is 18.9 Å². The van der Waals surface area contributed by atoms with E-state index in [4.69, 9.17) is 4.74 Å². The van der Waals surface area contributed by atoms with Crippen LogP contribution >= 0.6 is 0 Å². The van der Waals surface area contributed by atoms with Gasteiger partial charge in [-0.1, -0.05) is 24.3 Å². The molecule has 2 aliphatic rings. The Morgan fingerprint density at radius 2 is 1.72 bits per heavy atom. The molecule has 1 fully saturated rings. The van der Waals surface area contributed by atoms with Gasteiger partial charge in [0.15, 0.2) is 0 Å². The van der Waals surface area contributed by atoms with Crippen molar-refractivity contribution in [3.63, 3.8) is 0 Å². The summed E-state index contributed by atoms with van der Waals surface area (Å²) in [5, 5.41) is 2.93. The average Bonchev–Trinajstić information content (AvgIpc) is 3.05. The molecule has 2 aliphatic heterocycles. The number of nitrogens with zero attached hydrogens (tertiary/aromatic N) is 2. The molecule has 2 aromatic carbocycles. The summed E-state index contributed by atoms with van der Waals surface area (Å²) in [5.74, 6) is -1.11. The second-order valence-electron chi connectivity index (χ2n) is 7.93. The van der Waals surface area contributed by atoms with Crippen molar-refractivity contribution in [2.24, 2.45) is 0 Å². The highest BCUT2D eigenvalue weighted by atomic mass is 19.1. The lowest BCUT2D eigenvalue weighted by Crippen LogP contribution is -2.44. The van der Waals surface area contributed by atoms with Crippen molar-refractivity contribution in [1.82, 2.24) is 15.1 Å². The van der Waals surface area contributed by atoms with Crippen molar-refractivity contribution < 1.29 is 23.5 Å². The third-order valence-electron chi connectivity index (χ3n) is 5.88. The van der Waals surface area contributed by atoms with Crippen LogP contribution in [-0.4, -0.2) is 66.9 Å². The maximum atomic E-state index is 13.8. The number of amides is 3. The fourth-order valence-electron chi connectivity index (χ4n) is 4.20. The van der Waals surface area contributed by atoms with Gasteiger partial charge in [-0.3, -0.25) is 24.2 Å². The lowest BCUT2D eigenvalue weighted by atomic mass is 10.0. The number of rotatable bonds is 8. The number of halogens is 1. The third-order valence-corrected chi connectivity index (χ3v) is 5.88. The van der Waals surface area contributed by atoms with Crippen LogP contribution in [0.1, 0.15) is 45.2 Å². The van der Waals surface area contributed by atoms with E-state index in [2.05, 4.69) is 10.2 Å². The van der Waals surface area contributed by atoms with E-state index in [0.29, 0.717) is 50.4 Å². The number of imide groups is 1. The number of nitrogens with one attached hydrogen (secondary N) is 1. The molecule has 3 amide bonds. The largest absolute Gasteiger partial charge is 0.379 e. The summed E-state index contributed by atoms with van der Waals surface area (Å²) < 4.78 is 19.2. The van der Waals surface area contributed by atoms with Crippen LogP contribution in [0.3, 0.4) is 0 Å². The second-order valence-corrected chi connectivity index (χ2v) is 7.93. The van der Waals surface area contributed by atoms with Gasteiger partial charge in [-0.15, -0.1) is 0 Å². The maximum absolute atomic E-state index is 13.8. The Balaban J connectivity index is 1.30. The molecule has 1 saturated heterocycles. The van der Waals surface area contributed by atoms with Crippen LogP contribution in [0.4, 0.5) is 4.39 Å². The fraction of sp³-hybridized carbons (Fsp3) is 0.375. The molecule has 0 spiro atoms. The standard InChI is InChI=1S/C24H26FN3O4/c25-18-6-3-5-17(15-18)21(27-11-13-32-14-12-27)16-26-22(29)9-4-10-28-23(30)19-7-1-2-8-20(19)24(28)31/h1-3,5-8,15,21H,4,9-14,16H2,(H,26,29). The molecule has 0 radical (unpaired) electrons. The molecular formula is C24H26FN3O4. The van der Waals surface area contributed by atoms with Gasteiger partial charge in [0.1, 0.15) is 5.82 Å². The Morgan fingerprint density at radius 3 is 2.38 bits per heavy atom. The zero-order chi connectivity index (χ0) is 22.5. The van der Waals surface area contributed by atoms with Gasteiger partial charge in [0.2, 0.25) is 5.91 Å². The van der Waals surface area contributed by atoms with Crippen molar-refractivity contribution in [1.29, 1.82) is 0 Å². The van der Waals surface area contributed by atoms with Gasteiger partial charge < -0.3 is 10.1 Å². The second kappa shape index (κ2) is 10.0. The molecule has 168 valence electrons. The Hall–Kier alpha value is -3.10. The molecular weight excluding hydrogens is 413 g/mol. The molecule has 7 nitrogen and oxygen atoms in total. The molecule has 0 aromatic heterocycles. The number of carbonyl (C=O) groups excluding carboxylic acids is 3. The first-order valence-corrected chi connectivity index (χ1v) is 10.8. The molecule has 0 saturated carbocycles. The van der Waals surface area contributed by atoms with Crippen molar-refractivity contribution in [3.8, 4) is 0 Å². The summed E-state index contributed by atoms with van der Waals surface area (Å²) in [6.07, 6.45) is 0.561. The molecule has 1 unspecified atom stereocenters. The molecule has 8 heteroatoms. The van der Waals surface area contributed by atoms with E-state index in [1.165, 1.54) is 17.0 Å². The molecule has 1 N–H and O–H groups in total. The Kier molecular flexibility index (Phi) is 6.92. The van der Waals surface area contributed by atoms with E-state index in [0.717, 1.165) is 5.56 Å². The molecule has 0 bridgehead atoms. The van der Waals surface area contributed by atoms with Crippen molar-refractivity contribution in [3.05, 3.63) is 71.0 Å². The fourth-order valence-corrected chi connectivity index (χ4v) is 4.20. The molecule has 2 heterocycles. The Morgan fingerprint density at radius 1 is 1.03 bits per heavy atom. The van der Waals surface area contributed by atoms with Crippen molar-refractivity contribution in [2.75, 3.05) is 39.4 Å². The van der Waals surface area contributed by atoms with E-state index >= 15 is 0 Å². The number of hydrogen-bond donors (Lipinski definition) is 1. The van der Waals surface area contributed by atoms with Gasteiger partial charge in [0.05, 0.1) is 30.4 Å². The maximum Gasteiger partial charge on any atom is 0.261 e. The zero-order valence-corrected chi connectivity index (χ0v) is 17.8. The topological polar surface area (TPSA) is 79.0 Å². The Bertz CT molecular complexity index is 971. The van der Waals surface area contributed by atoms with E-state index in [1.54, 1.807) is 30.3 Å². The number of ether oxygens (including phenoxy) is 1. The molecule has 1 atom stereocenters. The first-order chi connectivity index (χ1) is 15.5. The smallest absolute Gasteiger partial charge is 0.261 e. The van der Waals surface area contributed by atoms with E-state index < -0.39 is 0 Å². The van der Waals surface area contributed by atoms with Crippen LogP contribution in [0, 0.1) is 5.82 Å². The lowest BCUT2D eigenvalue weighted by Gasteiger charge is -2.35. The lowest BCUT2D eigenvalue weighted by molar-refractivity contribution is -0.121. The summed E-state index contributed by atoms with van der Waals surface area (Å²) in [5.41, 5.74) is 1.62. The highest BCUT2D eigenvalue weighted by molar-refractivity contribution is 6.21. The van der Waals surface area contributed by atoms with E-state index in [9.17, 15) is 18.8 Å². The summed E-state index contributed by atoms with van der Waals surface area (Å²) in [7, 11) is 0. The van der Waals surface area contributed by atoms with Gasteiger partial charge in [-0.05, 0) is 36.2 Å². The average molecular weight is 439 g/mol. The molecule has 2 aromatic rings. The normalized spacial score (nSPS) is 17.3. The third kappa shape index (κ3) is 4.87.